The van der Waals surface area contributed by atoms with Crippen LogP contribution >= 0.6 is 0 Å². The van der Waals surface area contributed by atoms with E-state index in [-0.39, 0.29) is 10.5 Å². The second-order valence-electron chi connectivity index (χ2n) is 4.58. The molecule has 0 unspecified atom stereocenters. The lowest BCUT2D eigenvalue weighted by Crippen LogP contribution is -2.29. The summed E-state index contributed by atoms with van der Waals surface area (Å²) in [7, 11) is -3.85. The molecule has 23 heavy (non-hydrogen) atoms. The minimum absolute atomic E-state index is 0.0576. The lowest BCUT2D eigenvalue weighted by Gasteiger charge is -2.09. The second-order valence-corrected chi connectivity index (χ2v) is 6.26. The molecular formula is C15H14N2O5S. The molecule has 0 fully saturated rings. The SMILES string of the molecule is O=C(O)CNC(=O)c1cccc(S(=O)(=O)Nc2ccccc2)c1. The number of benzene rings is 2. The van der Waals surface area contributed by atoms with Gasteiger partial charge in [0, 0.05) is 11.3 Å². The van der Waals surface area contributed by atoms with Gasteiger partial charge in [0.15, 0.2) is 0 Å². The zero-order chi connectivity index (χ0) is 16.9. The molecule has 0 radical (unpaired) electrons. The van der Waals surface area contributed by atoms with Crippen LogP contribution in [0.1, 0.15) is 10.4 Å². The summed E-state index contributed by atoms with van der Waals surface area (Å²) in [6.07, 6.45) is 0. The Bertz CT molecular complexity index is 819. The molecule has 0 saturated carbocycles. The normalized spacial score (nSPS) is 10.8. The Morgan fingerprint density at radius 1 is 1.00 bits per heavy atom. The van der Waals surface area contributed by atoms with Crippen LogP contribution in [0.5, 0.6) is 0 Å². The average molecular weight is 334 g/mol. The molecule has 0 aliphatic carbocycles. The van der Waals surface area contributed by atoms with Crippen LogP contribution in [0.15, 0.2) is 59.5 Å². The standard InChI is InChI=1S/C15H14N2O5S/c18-14(19)10-16-15(20)11-5-4-8-13(9-11)23(21,22)17-12-6-2-1-3-7-12/h1-9,17H,10H2,(H,16,20)(H,18,19). The fraction of sp³-hybridized carbons (Fsp3) is 0.0667. The highest BCUT2D eigenvalue weighted by Gasteiger charge is 2.16. The molecule has 0 aliphatic rings. The van der Waals surface area contributed by atoms with Gasteiger partial charge in [0.25, 0.3) is 15.9 Å². The molecule has 0 heterocycles. The molecule has 2 aromatic rings. The van der Waals surface area contributed by atoms with E-state index in [4.69, 9.17) is 5.11 Å². The van der Waals surface area contributed by atoms with E-state index in [0.29, 0.717) is 5.69 Å². The number of carboxylic acid groups (broad SMARTS) is 1. The van der Waals surface area contributed by atoms with Gasteiger partial charge in [-0.25, -0.2) is 8.42 Å². The van der Waals surface area contributed by atoms with Crippen LogP contribution in [0.4, 0.5) is 5.69 Å². The van der Waals surface area contributed by atoms with E-state index in [9.17, 15) is 18.0 Å². The highest BCUT2D eigenvalue weighted by Crippen LogP contribution is 2.16. The van der Waals surface area contributed by atoms with E-state index in [1.807, 2.05) is 0 Å². The Kier molecular flexibility index (Phi) is 4.97. The summed E-state index contributed by atoms with van der Waals surface area (Å²) in [6.45, 7) is -0.544. The van der Waals surface area contributed by atoms with Gasteiger partial charge >= 0.3 is 5.97 Å². The van der Waals surface area contributed by atoms with Crippen LogP contribution in [0.2, 0.25) is 0 Å². The van der Waals surface area contributed by atoms with Crippen molar-refractivity contribution in [2.75, 3.05) is 11.3 Å². The molecule has 0 spiro atoms. The smallest absolute Gasteiger partial charge is 0.322 e. The summed E-state index contributed by atoms with van der Waals surface area (Å²) in [4.78, 5) is 22.1. The number of hydrogen-bond donors (Lipinski definition) is 3. The third-order valence-corrected chi connectivity index (χ3v) is 4.21. The lowest BCUT2D eigenvalue weighted by molar-refractivity contribution is -0.135. The predicted molar refractivity (Wildman–Crippen MR) is 83.7 cm³/mol. The van der Waals surface area contributed by atoms with Gasteiger partial charge in [-0.3, -0.25) is 14.3 Å². The Balaban J connectivity index is 2.21. The monoisotopic (exact) mass is 334 g/mol. The molecule has 2 rings (SSSR count). The number of carboxylic acids is 1. The molecule has 1 amide bonds. The third kappa shape index (κ3) is 4.55. The maximum absolute atomic E-state index is 12.3. The minimum Gasteiger partial charge on any atom is -0.480 e. The Labute approximate surface area is 133 Å². The quantitative estimate of drug-likeness (QED) is 0.737. The van der Waals surface area contributed by atoms with Crippen LogP contribution in [0, 0.1) is 0 Å². The van der Waals surface area contributed by atoms with Crippen LogP contribution in [0.25, 0.3) is 0 Å². The van der Waals surface area contributed by atoms with Gasteiger partial charge in [0.1, 0.15) is 6.54 Å². The Morgan fingerprint density at radius 2 is 1.70 bits per heavy atom. The Hall–Kier alpha value is -2.87. The lowest BCUT2D eigenvalue weighted by atomic mass is 10.2. The first-order valence-electron chi connectivity index (χ1n) is 6.56. The van der Waals surface area contributed by atoms with Crippen molar-refractivity contribution in [3.8, 4) is 0 Å². The van der Waals surface area contributed by atoms with E-state index in [1.165, 1.54) is 24.3 Å². The topological polar surface area (TPSA) is 113 Å². The first-order valence-corrected chi connectivity index (χ1v) is 8.05. The summed E-state index contributed by atoms with van der Waals surface area (Å²) in [6, 6.07) is 13.7. The van der Waals surface area contributed by atoms with Gasteiger partial charge in [-0.2, -0.15) is 0 Å². The third-order valence-electron chi connectivity index (χ3n) is 2.83. The summed E-state index contributed by atoms with van der Waals surface area (Å²) >= 11 is 0. The summed E-state index contributed by atoms with van der Waals surface area (Å²) in [5.74, 6) is -1.85. The average Bonchev–Trinajstić information content (AvgIpc) is 2.53. The van der Waals surface area contributed by atoms with Crippen LogP contribution in [-0.2, 0) is 14.8 Å². The number of aliphatic carboxylic acids is 1. The van der Waals surface area contributed by atoms with Crippen molar-refractivity contribution in [3.05, 3.63) is 60.2 Å². The van der Waals surface area contributed by atoms with E-state index < -0.39 is 28.4 Å². The zero-order valence-electron chi connectivity index (χ0n) is 11.9. The number of anilines is 1. The molecule has 7 nitrogen and oxygen atoms in total. The molecule has 0 saturated heterocycles. The van der Waals surface area contributed by atoms with Gasteiger partial charge < -0.3 is 10.4 Å². The molecule has 0 aliphatic heterocycles. The molecule has 0 aromatic heterocycles. The zero-order valence-corrected chi connectivity index (χ0v) is 12.7. The maximum Gasteiger partial charge on any atom is 0.322 e. The van der Waals surface area contributed by atoms with Crippen LogP contribution in [-0.4, -0.2) is 31.9 Å². The number of sulfonamides is 1. The number of hydrogen-bond acceptors (Lipinski definition) is 4. The van der Waals surface area contributed by atoms with E-state index >= 15 is 0 Å². The first kappa shape index (κ1) is 16.5. The second kappa shape index (κ2) is 6.93. The Morgan fingerprint density at radius 3 is 2.35 bits per heavy atom. The fourth-order valence-electron chi connectivity index (χ4n) is 1.78. The molecule has 8 heteroatoms. The van der Waals surface area contributed by atoms with Gasteiger partial charge in [-0.05, 0) is 30.3 Å². The van der Waals surface area contributed by atoms with Crippen molar-refractivity contribution in [1.29, 1.82) is 0 Å². The van der Waals surface area contributed by atoms with Gasteiger partial charge in [0.2, 0.25) is 0 Å². The van der Waals surface area contributed by atoms with Gasteiger partial charge in [0.05, 0.1) is 4.90 Å². The fourth-order valence-corrected chi connectivity index (χ4v) is 2.89. The van der Waals surface area contributed by atoms with Crippen molar-refractivity contribution in [3.63, 3.8) is 0 Å². The summed E-state index contributed by atoms with van der Waals surface area (Å²) in [5, 5.41) is 10.7. The summed E-state index contributed by atoms with van der Waals surface area (Å²) < 4.78 is 27.0. The van der Waals surface area contributed by atoms with Crippen molar-refractivity contribution in [2.45, 2.75) is 4.90 Å². The van der Waals surface area contributed by atoms with Crippen molar-refractivity contribution >= 4 is 27.6 Å². The molecule has 120 valence electrons. The number of carbonyl (C=O) groups is 2. The van der Waals surface area contributed by atoms with Crippen LogP contribution < -0.4 is 10.0 Å². The van der Waals surface area contributed by atoms with E-state index in [0.717, 1.165) is 0 Å². The van der Waals surface area contributed by atoms with E-state index in [1.54, 1.807) is 30.3 Å². The van der Waals surface area contributed by atoms with Crippen LogP contribution in [0.3, 0.4) is 0 Å². The molecule has 2 aromatic carbocycles. The van der Waals surface area contributed by atoms with E-state index in [2.05, 4.69) is 10.0 Å². The minimum atomic E-state index is -3.85. The van der Waals surface area contributed by atoms with Gasteiger partial charge in [-0.1, -0.05) is 24.3 Å². The largest absolute Gasteiger partial charge is 0.480 e. The molecule has 3 N–H and O–H groups in total. The molecule has 0 bridgehead atoms. The van der Waals surface area contributed by atoms with Gasteiger partial charge in [-0.15, -0.1) is 0 Å². The molecule has 0 atom stereocenters. The highest BCUT2D eigenvalue weighted by molar-refractivity contribution is 7.92. The summed E-state index contributed by atoms with van der Waals surface area (Å²) in [5.41, 5.74) is 0.454. The molecular weight excluding hydrogens is 320 g/mol. The predicted octanol–water partition coefficient (Wildman–Crippen LogP) is 1.30. The van der Waals surface area contributed by atoms with Crippen molar-refractivity contribution in [1.82, 2.24) is 5.32 Å². The van der Waals surface area contributed by atoms with Crippen molar-refractivity contribution < 1.29 is 23.1 Å². The maximum atomic E-state index is 12.3. The first-order chi connectivity index (χ1) is 10.9. The number of amides is 1. The van der Waals surface area contributed by atoms with Crippen molar-refractivity contribution in [2.24, 2.45) is 0 Å². The number of carbonyl (C=O) groups excluding carboxylic acids is 1. The highest BCUT2D eigenvalue weighted by atomic mass is 32.2. The number of nitrogens with one attached hydrogen (secondary N) is 2. The number of para-hydroxylation sites is 1. The number of rotatable bonds is 6.